The Morgan fingerprint density at radius 3 is 0.661 bits per heavy atom. The van der Waals surface area contributed by atoms with Crippen molar-refractivity contribution in [2.45, 2.75) is 463 Å². The molecule has 0 aliphatic heterocycles. The van der Waals surface area contributed by atoms with Crippen LogP contribution in [0.1, 0.15) is 445 Å². The number of ether oxygens (including phenoxy) is 3. The number of aliphatic hydroxyl groups excluding tert-OH is 2. The quantitative estimate of drug-likeness (QED) is 0.0146. The fourth-order valence-corrected chi connectivity index (χ4v) is 15.8. The number of phosphoric acid groups is 2. The van der Waals surface area contributed by atoms with Crippen molar-refractivity contribution >= 4 is 33.6 Å². The molecule has 0 aliphatic rings. The van der Waals surface area contributed by atoms with Crippen LogP contribution in [-0.2, 0) is 55.8 Å². The number of rotatable bonds is 97. The van der Waals surface area contributed by atoms with E-state index >= 15 is 0 Å². The molecule has 16 nitrogen and oxygen atoms in total. The van der Waals surface area contributed by atoms with Gasteiger partial charge in [-0.3, -0.25) is 32.5 Å². The van der Waals surface area contributed by atoms with Gasteiger partial charge in [-0.2, -0.15) is 0 Å². The van der Waals surface area contributed by atoms with Gasteiger partial charge in [0.15, 0.2) is 6.10 Å². The van der Waals surface area contributed by atoms with Crippen LogP contribution in [0.4, 0.5) is 0 Å². The lowest BCUT2D eigenvalue weighted by molar-refractivity contribution is -0.161. The Morgan fingerprint density at radius 2 is 0.417 bits per heavy atom. The van der Waals surface area contributed by atoms with Crippen molar-refractivity contribution in [3.8, 4) is 0 Å². The van der Waals surface area contributed by atoms with Gasteiger partial charge < -0.3 is 34.2 Å². The number of carbonyl (C=O) groups is 3. The summed E-state index contributed by atoms with van der Waals surface area (Å²) in [6, 6.07) is 0. The van der Waals surface area contributed by atoms with Crippen LogP contribution in [0.3, 0.4) is 0 Å². The molecule has 0 fully saturated rings. The first-order chi connectivity index (χ1) is 62.2. The second-order valence-corrected chi connectivity index (χ2v) is 37.1. The average Bonchev–Trinajstić information content (AvgIpc) is 0.955. The van der Waals surface area contributed by atoms with Gasteiger partial charge in [0.1, 0.15) is 25.4 Å². The first-order valence-electron chi connectivity index (χ1n) is 51.4. The molecule has 0 spiro atoms. The third kappa shape index (κ3) is 101. The zero-order valence-electron chi connectivity index (χ0n) is 80.9. The van der Waals surface area contributed by atoms with Crippen molar-refractivity contribution in [1.82, 2.24) is 0 Å². The summed E-state index contributed by atoms with van der Waals surface area (Å²) in [5, 5.41) is 20.8. The van der Waals surface area contributed by atoms with Crippen LogP contribution in [-0.4, -0.2) is 95.9 Å². The van der Waals surface area contributed by atoms with E-state index in [9.17, 15) is 43.5 Å². The molecule has 0 saturated carbocycles. The second kappa shape index (κ2) is 99.9. The molecular formula is C109H188O16P2. The predicted octanol–water partition coefficient (Wildman–Crippen LogP) is 32.6. The highest BCUT2D eigenvalue weighted by molar-refractivity contribution is 7.47. The van der Waals surface area contributed by atoms with Crippen molar-refractivity contribution in [3.05, 3.63) is 170 Å². The van der Waals surface area contributed by atoms with Gasteiger partial charge in [-0.1, -0.05) is 441 Å². The molecule has 0 aromatic heterocycles. The number of unbranched alkanes of at least 4 members (excludes halogenated alkanes) is 46. The van der Waals surface area contributed by atoms with E-state index in [0.29, 0.717) is 19.3 Å². The molecule has 5 unspecified atom stereocenters. The molecule has 0 bridgehead atoms. The van der Waals surface area contributed by atoms with E-state index in [0.717, 1.165) is 154 Å². The van der Waals surface area contributed by atoms with Gasteiger partial charge in [-0.25, -0.2) is 9.13 Å². The lowest BCUT2D eigenvalue weighted by atomic mass is 10.0. The van der Waals surface area contributed by atoms with Crippen molar-refractivity contribution in [1.29, 1.82) is 0 Å². The Hall–Kier alpha value is -5.09. The van der Waals surface area contributed by atoms with Crippen molar-refractivity contribution < 1.29 is 75.8 Å². The minimum absolute atomic E-state index is 0.100. The highest BCUT2D eigenvalue weighted by Crippen LogP contribution is 2.45. The number of aliphatic hydroxyl groups is 2. The third-order valence-electron chi connectivity index (χ3n) is 21.9. The van der Waals surface area contributed by atoms with E-state index in [2.05, 4.69) is 191 Å². The summed E-state index contributed by atoms with van der Waals surface area (Å²) in [5.74, 6) is -1.56. The van der Waals surface area contributed by atoms with Gasteiger partial charge in [0, 0.05) is 19.3 Å². The minimum atomic E-state index is -4.95. The maximum atomic E-state index is 13.1. The first kappa shape index (κ1) is 122. The van der Waals surface area contributed by atoms with Crippen molar-refractivity contribution in [2.24, 2.45) is 0 Å². The molecule has 0 rings (SSSR count). The summed E-state index contributed by atoms with van der Waals surface area (Å²) in [5.41, 5.74) is 0. The van der Waals surface area contributed by atoms with Gasteiger partial charge in [0.05, 0.1) is 26.4 Å². The minimum Gasteiger partial charge on any atom is -0.463 e. The van der Waals surface area contributed by atoms with E-state index in [1.807, 2.05) is 0 Å². The second-order valence-electron chi connectivity index (χ2n) is 34.2. The van der Waals surface area contributed by atoms with Crippen LogP contribution in [0.15, 0.2) is 170 Å². The fourth-order valence-electron chi connectivity index (χ4n) is 14.2. The maximum Gasteiger partial charge on any atom is 0.472 e. The van der Waals surface area contributed by atoms with Crippen molar-refractivity contribution in [2.75, 3.05) is 39.6 Å². The number of hydrogen-bond acceptors (Lipinski definition) is 14. The molecule has 0 aliphatic carbocycles. The fraction of sp³-hybridized carbons (Fsp3) is 0.716. The Morgan fingerprint density at radius 1 is 0.228 bits per heavy atom. The summed E-state index contributed by atoms with van der Waals surface area (Å²) in [4.78, 5) is 59.2. The van der Waals surface area contributed by atoms with Gasteiger partial charge >= 0.3 is 33.6 Å². The molecule has 5 atom stereocenters. The van der Waals surface area contributed by atoms with E-state index in [-0.39, 0.29) is 19.3 Å². The Balaban J connectivity index is 4.63. The van der Waals surface area contributed by atoms with Gasteiger partial charge in [0.2, 0.25) is 0 Å². The van der Waals surface area contributed by atoms with E-state index < -0.39 is 91.5 Å². The normalized spacial score (nSPS) is 14.4. The molecule has 0 aromatic carbocycles. The van der Waals surface area contributed by atoms with Gasteiger partial charge in [0.25, 0.3) is 0 Å². The highest BCUT2D eigenvalue weighted by Gasteiger charge is 2.30. The molecule has 0 radical (unpaired) electrons. The summed E-state index contributed by atoms with van der Waals surface area (Å²) in [7, 11) is -9.82. The number of allylic oxidation sites excluding steroid dienone is 28. The van der Waals surface area contributed by atoms with Crippen molar-refractivity contribution in [3.63, 3.8) is 0 Å². The Bertz CT molecular complexity index is 2990. The SMILES string of the molecule is CC/C=C\C/C=C\C/C=C\C/C=C\C/C=C\CCCCCCCCCCCCCCCCCC(=O)OCC(O)COP(=O)(O)OCC(O)COP(=O)(O)OCC(COC(=O)CCCCCCCCCCCCCCCCC/C=C\C/C=C\C/C=C\C/C=C\CCCCC)OC(=O)CCCCCCCCCCCCCCC/C=C\C/C=C\C/C=C\C/C=C\C/C=C\CC. The van der Waals surface area contributed by atoms with E-state index in [1.54, 1.807) is 0 Å². The standard InChI is InChI=1S/C109H188O16P2/c1-4-7-10-13-16-19-22-25-28-31-34-37-40-43-46-49-51-54-56-59-62-65-68-71-74-77-80-83-86-89-92-95-107(112)119-98-104(110)99-121-126(115,116)122-100-105(111)101-123-127(117,118)124-103-106(125-109(114)97-94-91-88-85-82-79-76-73-70-67-64-61-58-53-48-45-42-39-36-33-30-27-24-21-18-15-12-9-6-3)102-120-108(113)96-93-90-87-84-81-78-75-72-69-66-63-60-57-55-52-50-47-44-41-38-35-32-29-26-23-20-17-14-11-8-5-2/h7,9-10,12,16-21,25-30,34-39,43-48,104-106,110-111H,4-6,8,11,13-15,22-24,31-33,40-42,49-103H2,1-3H3,(H,115,116)(H,117,118)/b10-7-,12-9-,19-16-,20-17-,21-18-,28-25-,29-26-,30-27-,37-34-,38-35-,39-36-,46-43-,47-44-,48-45-. The van der Waals surface area contributed by atoms with Gasteiger partial charge in [-0.15, -0.1) is 0 Å². The molecule has 0 amide bonds. The molecular weight excluding hydrogens is 1630 g/mol. The van der Waals surface area contributed by atoms with Crippen LogP contribution >= 0.6 is 15.6 Å². The first-order valence-corrected chi connectivity index (χ1v) is 54.4. The van der Waals surface area contributed by atoms with Crippen LogP contribution in [0.5, 0.6) is 0 Å². The monoisotopic (exact) mass is 1820 g/mol. The third-order valence-corrected chi connectivity index (χ3v) is 23.8. The highest BCUT2D eigenvalue weighted by atomic mass is 31.2. The Kier molecular flexibility index (Phi) is 95.9. The predicted molar refractivity (Wildman–Crippen MR) is 537 cm³/mol. The summed E-state index contributed by atoms with van der Waals surface area (Å²) < 4.78 is 61.7. The molecule has 0 heterocycles. The zero-order chi connectivity index (χ0) is 92.1. The largest absolute Gasteiger partial charge is 0.472 e. The molecule has 18 heteroatoms. The smallest absolute Gasteiger partial charge is 0.463 e. The topological polar surface area (TPSA) is 231 Å². The molecule has 0 aromatic rings. The number of hydrogen-bond donors (Lipinski definition) is 4. The maximum absolute atomic E-state index is 13.1. The number of phosphoric ester groups is 2. The molecule has 0 saturated heterocycles. The van der Waals surface area contributed by atoms with E-state index in [4.69, 9.17) is 32.3 Å². The average molecular weight is 1820 g/mol. The summed E-state index contributed by atoms with van der Waals surface area (Å²) in [6.07, 6.45) is 131. The van der Waals surface area contributed by atoms with Crippen LogP contribution in [0.25, 0.3) is 0 Å². The summed E-state index contributed by atoms with van der Waals surface area (Å²) >= 11 is 0. The van der Waals surface area contributed by atoms with Crippen LogP contribution in [0.2, 0.25) is 0 Å². The molecule has 730 valence electrons. The van der Waals surface area contributed by atoms with Gasteiger partial charge in [-0.05, 0) is 154 Å². The number of esters is 3. The van der Waals surface area contributed by atoms with Crippen LogP contribution < -0.4 is 0 Å². The summed E-state index contributed by atoms with van der Waals surface area (Å²) in [6.45, 7) is 2.51. The molecule has 4 N–H and O–H groups in total. The van der Waals surface area contributed by atoms with E-state index in [1.165, 1.54) is 231 Å². The Labute approximate surface area is 777 Å². The zero-order valence-corrected chi connectivity index (χ0v) is 82.7. The lowest BCUT2D eigenvalue weighted by Gasteiger charge is -2.21. The number of carbonyl (C=O) groups excluding carboxylic acids is 3. The van der Waals surface area contributed by atoms with Crippen LogP contribution in [0, 0.1) is 0 Å². The molecule has 127 heavy (non-hydrogen) atoms. The lowest BCUT2D eigenvalue weighted by Crippen LogP contribution is -2.30.